The van der Waals surface area contributed by atoms with Crippen LogP contribution in [-0.4, -0.2) is 0 Å². The molecule has 0 aromatic heterocycles. The molecule has 0 aliphatic heterocycles. The van der Waals surface area contributed by atoms with Crippen molar-refractivity contribution >= 4 is 17.7 Å². The van der Waals surface area contributed by atoms with E-state index in [2.05, 4.69) is 20.1 Å². The molecule has 0 fully saturated rings. The van der Waals surface area contributed by atoms with Gasteiger partial charge in [0.25, 0.3) is 0 Å². The van der Waals surface area contributed by atoms with Gasteiger partial charge in [0.1, 0.15) is 0 Å². The van der Waals surface area contributed by atoms with Gasteiger partial charge in [-0.3, -0.25) is 0 Å². The van der Waals surface area contributed by atoms with Crippen molar-refractivity contribution in [3.8, 4) is 0 Å². The Morgan fingerprint density at radius 1 is 1.23 bits per heavy atom. The molecule has 1 radical (unpaired) electrons. The van der Waals surface area contributed by atoms with Gasteiger partial charge in [-0.1, -0.05) is 36.4 Å². The molecule has 1 rings (SSSR count). The third kappa shape index (κ3) is 2.46. The summed E-state index contributed by atoms with van der Waals surface area (Å²) < 4.78 is 0. The Morgan fingerprint density at radius 2 is 1.92 bits per heavy atom. The first-order chi connectivity index (χ1) is 6.17. The van der Waals surface area contributed by atoms with Crippen LogP contribution in [0.15, 0.2) is 37.4 Å². The molecule has 0 aliphatic carbocycles. The van der Waals surface area contributed by atoms with Crippen molar-refractivity contribution in [1.82, 2.24) is 0 Å². The summed E-state index contributed by atoms with van der Waals surface area (Å²) in [7, 11) is 0. The van der Waals surface area contributed by atoms with Crippen LogP contribution in [0.4, 0.5) is 0 Å². The highest BCUT2D eigenvalue weighted by molar-refractivity contribution is 6.30. The van der Waals surface area contributed by atoms with Crippen LogP contribution in [0.2, 0.25) is 5.02 Å². The third-order valence-electron chi connectivity index (χ3n) is 1.89. The number of halogens is 1. The van der Waals surface area contributed by atoms with Gasteiger partial charge in [0.05, 0.1) is 0 Å². The Balaban J connectivity index is 3.14. The molecular weight excluding hydrogens is 180 g/mol. The van der Waals surface area contributed by atoms with Crippen molar-refractivity contribution in [3.63, 3.8) is 0 Å². The normalized spacial score (nSPS) is 12.2. The summed E-state index contributed by atoms with van der Waals surface area (Å²) in [4.78, 5) is 0. The molecule has 1 atom stereocenters. The SMILES string of the molecule is [CH2]C(C=C)c1cc(Cl)cc(C=C)c1. The molecule has 67 valence electrons. The second-order valence-electron chi connectivity index (χ2n) is 2.86. The first-order valence-electron chi connectivity index (χ1n) is 4.06. The van der Waals surface area contributed by atoms with E-state index in [0.29, 0.717) is 5.02 Å². The predicted octanol–water partition coefficient (Wildman–Crippen LogP) is 4.09. The quantitative estimate of drug-likeness (QED) is 0.632. The van der Waals surface area contributed by atoms with E-state index in [1.807, 2.05) is 18.2 Å². The maximum absolute atomic E-state index is 5.92. The van der Waals surface area contributed by atoms with Gasteiger partial charge >= 0.3 is 0 Å². The Labute approximate surface area is 84.5 Å². The summed E-state index contributed by atoms with van der Waals surface area (Å²) in [5, 5.41) is 0.711. The minimum absolute atomic E-state index is 0.0809. The second kappa shape index (κ2) is 4.29. The summed E-state index contributed by atoms with van der Waals surface area (Å²) in [6.07, 6.45) is 3.56. The summed E-state index contributed by atoms with van der Waals surface area (Å²) in [6.45, 7) is 11.3. The predicted molar refractivity (Wildman–Crippen MR) is 59.8 cm³/mol. The Morgan fingerprint density at radius 3 is 2.46 bits per heavy atom. The van der Waals surface area contributed by atoms with Crippen LogP contribution < -0.4 is 0 Å². The zero-order valence-electron chi connectivity index (χ0n) is 7.46. The van der Waals surface area contributed by atoms with E-state index in [1.165, 1.54) is 0 Å². The smallest absolute Gasteiger partial charge is 0.0414 e. The molecule has 1 aromatic rings. The lowest BCUT2D eigenvalue weighted by Crippen LogP contribution is -1.89. The van der Waals surface area contributed by atoms with E-state index < -0.39 is 0 Å². The molecule has 0 heterocycles. The molecule has 0 amide bonds. The zero-order chi connectivity index (χ0) is 9.84. The van der Waals surface area contributed by atoms with E-state index in [-0.39, 0.29) is 5.92 Å². The van der Waals surface area contributed by atoms with Gasteiger partial charge < -0.3 is 0 Å². The number of hydrogen-bond donors (Lipinski definition) is 0. The van der Waals surface area contributed by atoms with Crippen molar-refractivity contribution in [2.45, 2.75) is 5.92 Å². The minimum Gasteiger partial charge on any atom is -0.102 e. The van der Waals surface area contributed by atoms with E-state index >= 15 is 0 Å². The van der Waals surface area contributed by atoms with Gasteiger partial charge in [0, 0.05) is 10.9 Å². The van der Waals surface area contributed by atoms with E-state index in [9.17, 15) is 0 Å². The summed E-state index contributed by atoms with van der Waals surface area (Å²) >= 11 is 5.92. The van der Waals surface area contributed by atoms with Gasteiger partial charge in [0.15, 0.2) is 0 Å². The van der Waals surface area contributed by atoms with Crippen molar-refractivity contribution < 1.29 is 0 Å². The molecule has 0 spiro atoms. The average Bonchev–Trinajstić information content (AvgIpc) is 2.15. The highest BCUT2D eigenvalue weighted by atomic mass is 35.5. The number of benzene rings is 1. The monoisotopic (exact) mass is 191 g/mol. The van der Waals surface area contributed by atoms with E-state index in [1.54, 1.807) is 12.2 Å². The molecule has 0 nitrogen and oxygen atoms in total. The molecule has 0 saturated carbocycles. The Kier molecular flexibility index (Phi) is 3.32. The standard InChI is InChI=1S/C12H12Cl/c1-4-9(3)11-6-10(5-2)7-12(13)8-11/h4-9H,1-3H2. The van der Waals surface area contributed by atoms with Crippen molar-refractivity contribution in [2.24, 2.45) is 0 Å². The lowest BCUT2D eigenvalue weighted by molar-refractivity contribution is 1.08. The van der Waals surface area contributed by atoms with Crippen LogP contribution in [-0.2, 0) is 0 Å². The van der Waals surface area contributed by atoms with Crippen LogP contribution in [0.1, 0.15) is 17.0 Å². The second-order valence-corrected chi connectivity index (χ2v) is 3.30. The van der Waals surface area contributed by atoms with Crippen LogP contribution in [0.5, 0.6) is 0 Å². The van der Waals surface area contributed by atoms with Gasteiger partial charge in [-0.15, -0.1) is 6.58 Å². The largest absolute Gasteiger partial charge is 0.102 e. The topological polar surface area (TPSA) is 0 Å². The first kappa shape index (κ1) is 10.1. The van der Waals surface area contributed by atoms with Gasteiger partial charge in [-0.2, -0.15) is 0 Å². The molecule has 0 aliphatic rings. The fourth-order valence-corrected chi connectivity index (χ4v) is 1.36. The summed E-state index contributed by atoms with van der Waals surface area (Å²) in [6, 6.07) is 5.78. The van der Waals surface area contributed by atoms with Crippen molar-refractivity contribution in [1.29, 1.82) is 0 Å². The fourth-order valence-electron chi connectivity index (χ4n) is 1.10. The Hall–Kier alpha value is -1.01. The molecule has 1 unspecified atom stereocenters. The molecule has 13 heavy (non-hydrogen) atoms. The van der Waals surface area contributed by atoms with E-state index in [4.69, 9.17) is 11.6 Å². The average molecular weight is 192 g/mol. The van der Waals surface area contributed by atoms with Gasteiger partial charge in [0.2, 0.25) is 0 Å². The summed E-state index contributed by atoms with van der Waals surface area (Å²) in [5.41, 5.74) is 2.08. The van der Waals surface area contributed by atoms with Crippen LogP contribution in [0, 0.1) is 6.92 Å². The van der Waals surface area contributed by atoms with Gasteiger partial charge in [-0.25, -0.2) is 0 Å². The molecule has 1 heteroatoms. The molecular formula is C12H12Cl. The van der Waals surface area contributed by atoms with Crippen molar-refractivity contribution in [3.05, 3.63) is 60.5 Å². The van der Waals surface area contributed by atoms with Gasteiger partial charge in [-0.05, 0) is 30.2 Å². The molecule has 1 aromatic carbocycles. The van der Waals surface area contributed by atoms with Crippen LogP contribution in [0.3, 0.4) is 0 Å². The minimum atomic E-state index is 0.0809. The maximum atomic E-state index is 5.92. The van der Waals surface area contributed by atoms with Crippen molar-refractivity contribution in [2.75, 3.05) is 0 Å². The zero-order valence-corrected chi connectivity index (χ0v) is 8.22. The number of rotatable bonds is 3. The fraction of sp³-hybridized carbons (Fsp3) is 0.0833. The first-order valence-corrected chi connectivity index (χ1v) is 4.43. The van der Waals surface area contributed by atoms with E-state index in [0.717, 1.165) is 11.1 Å². The number of allylic oxidation sites excluding steroid dienone is 1. The molecule has 0 bridgehead atoms. The highest BCUT2D eigenvalue weighted by Gasteiger charge is 2.02. The maximum Gasteiger partial charge on any atom is 0.0414 e. The summed E-state index contributed by atoms with van der Waals surface area (Å²) in [5.74, 6) is 0.0809. The Bertz CT molecular complexity index is 326. The lowest BCUT2D eigenvalue weighted by atomic mass is 9.99. The lowest BCUT2D eigenvalue weighted by Gasteiger charge is -2.07. The van der Waals surface area contributed by atoms with Crippen LogP contribution in [0.25, 0.3) is 6.08 Å². The highest BCUT2D eigenvalue weighted by Crippen LogP contribution is 2.22. The third-order valence-corrected chi connectivity index (χ3v) is 2.11. The molecule has 0 N–H and O–H groups in total. The van der Waals surface area contributed by atoms with Crippen LogP contribution >= 0.6 is 11.6 Å². The number of hydrogen-bond acceptors (Lipinski definition) is 0. The molecule has 0 saturated heterocycles.